The summed E-state index contributed by atoms with van der Waals surface area (Å²) in [7, 11) is 1.21. The van der Waals surface area contributed by atoms with E-state index >= 15 is 0 Å². The molecule has 1 rings (SSSR count). The van der Waals surface area contributed by atoms with E-state index in [1.165, 1.54) is 7.11 Å². The number of rotatable bonds is 13. The topological polar surface area (TPSA) is 87.0 Å². The first-order chi connectivity index (χ1) is 14.0. The monoisotopic (exact) mass is 454 g/mol. The zero-order valence-corrected chi connectivity index (χ0v) is 17.9. The minimum atomic E-state index is -2.16. The molecule has 5 unspecified atom stereocenters. The largest absolute Gasteiger partial charge is 0.469 e. The Morgan fingerprint density at radius 2 is 1.37 bits per heavy atom. The quantitative estimate of drug-likeness (QED) is 0.384. The van der Waals surface area contributed by atoms with Crippen LogP contribution in [-0.2, 0) is 9.53 Å². The number of halogens is 4. The zero-order valence-electron chi connectivity index (χ0n) is 17.1. The Hall–Kier alpha value is -1.35. The van der Waals surface area contributed by atoms with E-state index in [0.29, 0.717) is 10.6 Å². The molecular weight excluding hydrogens is 425 g/mol. The molecule has 0 radical (unpaired) electrons. The molecule has 0 fully saturated rings. The van der Waals surface area contributed by atoms with Gasteiger partial charge >= 0.3 is 5.97 Å². The van der Waals surface area contributed by atoms with E-state index in [-0.39, 0.29) is 38.5 Å². The van der Waals surface area contributed by atoms with Crippen LogP contribution in [0.25, 0.3) is 0 Å². The number of aliphatic hydroxyl groups is 3. The average molecular weight is 455 g/mol. The van der Waals surface area contributed by atoms with Crippen molar-refractivity contribution >= 4 is 17.6 Å². The molecule has 5 atom stereocenters. The van der Waals surface area contributed by atoms with Gasteiger partial charge in [0.25, 0.3) is 0 Å². The van der Waals surface area contributed by atoms with Gasteiger partial charge in [0, 0.05) is 24.3 Å². The van der Waals surface area contributed by atoms with Gasteiger partial charge in [-0.05, 0) is 48.3 Å². The number of hydrogen-bond acceptors (Lipinski definition) is 5. The summed E-state index contributed by atoms with van der Waals surface area (Å²) in [6.45, 7) is 1.68. The predicted molar refractivity (Wildman–Crippen MR) is 107 cm³/mol. The van der Waals surface area contributed by atoms with Crippen LogP contribution in [0.1, 0.15) is 56.9 Å². The lowest BCUT2D eigenvalue weighted by molar-refractivity contribution is -0.146. The van der Waals surface area contributed by atoms with E-state index in [0.717, 1.165) is 0 Å². The number of hydrogen-bond donors (Lipinski definition) is 3. The average Bonchev–Trinajstić information content (AvgIpc) is 2.68. The van der Waals surface area contributed by atoms with E-state index in [2.05, 4.69) is 0 Å². The first-order valence-corrected chi connectivity index (χ1v) is 10.2. The van der Waals surface area contributed by atoms with Crippen LogP contribution in [0.15, 0.2) is 24.3 Å². The minimum Gasteiger partial charge on any atom is -0.469 e. The van der Waals surface area contributed by atoms with Crippen LogP contribution in [0.3, 0.4) is 0 Å². The molecule has 3 N–H and O–H groups in total. The third kappa shape index (κ3) is 8.06. The smallest absolute Gasteiger partial charge is 0.313 e. The van der Waals surface area contributed by atoms with Gasteiger partial charge in [0.2, 0.25) is 0 Å². The fourth-order valence-electron chi connectivity index (χ4n) is 4.06. The van der Waals surface area contributed by atoms with Gasteiger partial charge in [0.05, 0.1) is 13.0 Å². The second kappa shape index (κ2) is 12.5. The van der Waals surface area contributed by atoms with Gasteiger partial charge in [0.15, 0.2) is 19.1 Å². The molecule has 0 heterocycles. The molecule has 0 aliphatic rings. The molecular formula is C21H30ClF3O5. The molecule has 30 heavy (non-hydrogen) atoms. The lowest BCUT2D eigenvalue weighted by atomic mass is 9.61. The summed E-state index contributed by atoms with van der Waals surface area (Å²) < 4.78 is 44.8. The van der Waals surface area contributed by atoms with Crippen LogP contribution in [0.4, 0.5) is 13.2 Å². The van der Waals surface area contributed by atoms with Crippen LogP contribution in [0.5, 0.6) is 0 Å². The van der Waals surface area contributed by atoms with Crippen molar-refractivity contribution in [2.24, 2.45) is 11.3 Å². The van der Waals surface area contributed by atoms with Crippen LogP contribution in [0.2, 0.25) is 5.02 Å². The predicted octanol–water partition coefficient (Wildman–Crippen LogP) is 4.42. The van der Waals surface area contributed by atoms with Crippen LogP contribution >= 0.6 is 11.6 Å². The molecule has 1 aromatic rings. The number of carbonyl (C=O) groups excluding carboxylic acids is 1. The summed E-state index contributed by atoms with van der Waals surface area (Å²) in [5, 5.41) is 28.0. The highest BCUT2D eigenvalue weighted by molar-refractivity contribution is 6.30. The number of alkyl halides is 3. The molecule has 172 valence electrons. The van der Waals surface area contributed by atoms with Gasteiger partial charge in [-0.3, -0.25) is 4.79 Å². The van der Waals surface area contributed by atoms with Crippen molar-refractivity contribution in [1.82, 2.24) is 0 Å². The number of aliphatic hydroxyl groups excluding tert-OH is 3. The normalized spacial score (nSPS) is 18.7. The Morgan fingerprint density at radius 1 is 0.967 bits per heavy atom. The second-order valence-corrected chi connectivity index (χ2v) is 8.06. The van der Waals surface area contributed by atoms with E-state index in [1.54, 1.807) is 31.2 Å². The molecule has 1 aromatic carbocycles. The maximum absolute atomic E-state index is 13.3. The van der Waals surface area contributed by atoms with Crippen molar-refractivity contribution in [2.45, 2.75) is 70.4 Å². The molecule has 0 saturated carbocycles. The maximum Gasteiger partial charge on any atom is 0.313 e. The van der Waals surface area contributed by atoms with E-state index in [4.69, 9.17) is 16.3 Å². The third-order valence-electron chi connectivity index (χ3n) is 5.79. The summed E-state index contributed by atoms with van der Waals surface area (Å²) in [4.78, 5) is 12.7. The zero-order chi connectivity index (χ0) is 22.9. The number of benzene rings is 1. The van der Waals surface area contributed by atoms with Gasteiger partial charge in [-0.1, -0.05) is 30.7 Å². The van der Waals surface area contributed by atoms with Crippen molar-refractivity contribution in [3.8, 4) is 0 Å². The fourth-order valence-corrected chi connectivity index (χ4v) is 4.18. The summed E-state index contributed by atoms with van der Waals surface area (Å²) in [6, 6.07) is 6.43. The van der Waals surface area contributed by atoms with Gasteiger partial charge < -0.3 is 20.1 Å². The molecule has 0 bridgehead atoms. The summed E-state index contributed by atoms with van der Waals surface area (Å²) in [5.74, 6) is -2.11. The lowest BCUT2D eigenvalue weighted by Crippen LogP contribution is -2.38. The first-order valence-electron chi connectivity index (χ1n) is 9.82. The molecule has 5 nitrogen and oxygen atoms in total. The molecule has 9 heteroatoms. The second-order valence-electron chi connectivity index (χ2n) is 7.62. The number of carbonyl (C=O) groups is 1. The van der Waals surface area contributed by atoms with Gasteiger partial charge in [0.1, 0.15) is 0 Å². The molecule has 0 amide bonds. The van der Waals surface area contributed by atoms with Crippen LogP contribution in [-0.4, -0.2) is 47.5 Å². The summed E-state index contributed by atoms with van der Waals surface area (Å²) in [6.07, 6.45) is -7.53. The number of methoxy groups -OCH3 is 1. The first kappa shape index (κ1) is 26.7. The Morgan fingerprint density at radius 3 is 1.70 bits per heavy atom. The fraction of sp³-hybridized carbons (Fsp3) is 0.667. The molecule has 0 aliphatic heterocycles. The van der Waals surface area contributed by atoms with Gasteiger partial charge in [-0.15, -0.1) is 0 Å². The number of esters is 1. The highest BCUT2D eigenvalue weighted by Crippen LogP contribution is 2.49. The maximum atomic E-state index is 13.3. The SMILES string of the molecule is COC(=O)C(c1ccc(Cl)cc1)C(C)C(CCC(O)F)(CCC(O)F)CCC(O)F. The standard InChI is InChI=1S/C21H30ClF3O5/c1-13(19(20(29)30-2)14-3-5-15(22)6-4-14)21(10-7-16(23)26,11-8-17(24)27)12-9-18(25)28/h3-6,13,16-19,26-28H,7-12H2,1-2H3. The van der Waals surface area contributed by atoms with E-state index in [9.17, 15) is 33.3 Å². The Bertz CT molecular complexity index is 609. The minimum absolute atomic E-state index is 0.0215. The Labute approximate surface area is 179 Å². The van der Waals surface area contributed by atoms with E-state index in [1.807, 2.05) is 0 Å². The van der Waals surface area contributed by atoms with Crippen LogP contribution in [0, 0.1) is 11.3 Å². The van der Waals surface area contributed by atoms with E-state index < -0.39 is 42.3 Å². The van der Waals surface area contributed by atoms with Gasteiger partial charge in [-0.25, -0.2) is 13.2 Å². The Balaban J connectivity index is 3.43. The van der Waals surface area contributed by atoms with Crippen molar-refractivity contribution in [3.05, 3.63) is 34.9 Å². The van der Waals surface area contributed by atoms with Crippen molar-refractivity contribution in [2.75, 3.05) is 7.11 Å². The molecule has 0 aliphatic carbocycles. The Kier molecular flexibility index (Phi) is 11.1. The lowest BCUT2D eigenvalue weighted by Gasteiger charge is -2.43. The van der Waals surface area contributed by atoms with Crippen molar-refractivity contribution in [1.29, 1.82) is 0 Å². The van der Waals surface area contributed by atoms with Gasteiger partial charge in [-0.2, -0.15) is 0 Å². The van der Waals surface area contributed by atoms with Crippen molar-refractivity contribution < 1.29 is 38.0 Å². The third-order valence-corrected chi connectivity index (χ3v) is 6.04. The molecule has 0 spiro atoms. The number of ether oxygens (including phenoxy) is 1. The molecule has 0 saturated heterocycles. The highest BCUT2D eigenvalue weighted by Gasteiger charge is 2.44. The summed E-state index contributed by atoms with van der Waals surface area (Å²) in [5.41, 5.74) is -0.531. The highest BCUT2D eigenvalue weighted by atomic mass is 35.5. The summed E-state index contributed by atoms with van der Waals surface area (Å²) >= 11 is 5.93. The molecule has 0 aromatic heterocycles. The van der Waals surface area contributed by atoms with Crippen molar-refractivity contribution in [3.63, 3.8) is 0 Å². The van der Waals surface area contributed by atoms with Crippen LogP contribution < -0.4 is 0 Å².